The van der Waals surface area contributed by atoms with Crippen LogP contribution in [0.2, 0.25) is 5.02 Å². The van der Waals surface area contributed by atoms with Crippen LogP contribution in [0.5, 0.6) is 0 Å². The molecular weight excluding hydrogens is 289 g/mol. The van der Waals surface area contributed by atoms with Crippen molar-refractivity contribution >= 4 is 21.4 Å². The number of hydrogen-bond acceptors (Lipinski definition) is 3. The number of rotatable bonds is 4. The van der Waals surface area contributed by atoms with E-state index in [1.807, 2.05) is 0 Å². The van der Waals surface area contributed by atoms with Crippen LogP contribution >= 0.6 is 11.6 Å². The van der Waals surface area contributed by atoms with Gasteiger partial charge in [-0.05, 0) is 37.3 Å². The highest BCUT2D eigenvalue weighted by molar-refractivity contribution is 7.91. The van der Waals surface area contributed by atoms with Crippen LogP contribution in [0.4, 0.5) is 4.39 Å². The van der Waals surface area contributed by atoms with Gasteiger partial charge >= 0.3 is 0 Å². The Morgan fingerprint density at radius 2 is 2.21 bits per heavy atom. The Labute approximate surface area is 117 Å². The predicted molar refractivity (Wildman–Crippen MR) is 74.5 cm³/mol. The van der Waals surface area contributed by atoms with Gasteiger partial charge in [0.1, 0.15) is 5.82 Å². The summed E-state index contributed by atoms with van der Waals surface area (Å²) in [6, 6.07) is 4.27. The number of sulfone groups is 1. The molecule has 0 amide bonds. The summed E-state index contributed by atoms with van der Waals surface area (Å²) in [7, 11) is -2.89. The Bertz CT molecular complexity index is 542. The predicted octanol–water partition coefficient (Wildman–Crippen LogP) is 2.17. The van der Waals surface area contributed by atoms with Crippen molar-refractivity contribution < 1.29 is 12.8 Å². The zero-order valence-electron chi connectivity index (χ0n) is 10.5. The maximum Gasteiger partial charge on any atom is 0.150 e. The van der Waals surface area contributed by atoms with Gasteiger partial charge in [-0.3, -0.25) is 0 Å². The van der Waals surface area contributed by atoms with Crippen molar-refractivity contribution in [2.45, 2.75) is 25.3 Å². The molecule has 0 bridgehead atoms. The van der Waals surface area contributed by atoms with Gasteiger partial charge in [0.05, 0.1) is 11.5 Å². The van der Waals surface area contributed by atoms with E-state index in [0.29, 0.717) is 29.8 Å². The first-order chi connectivity index (χ1) is 8.87. The van der Waals surface area contributed by atoms with Crippen LogP contribution < -0.4 is 5.73 Å². The van der Waals surface area contributed by atoms with Crippen LogP contribution in [0.15, 0.2) is 18.2 Å². The molecule has 1 aromatic carbocycles. The summed E-state index contributed by atoms with van der Waals surface area (Å²) < 4.78 is 36.3. The van der Waals surface area contributed by atoms with Crippen LogP contribution in [-0.4, -0.2) is 26.0 Å². The summed E-state index contributed by atoms with van der Waals surface area (Å²) in [6.07, 6.45) is 1.58. The topological polar surface area (TPSA) is 60.2 Å². The Hall–Kier alpha value is -0.650. The summed E-state index contributed by atoms with van der Waals surface area (Å²) in [5, 5.41) is 0.370. The van der Waals surface area contributed by atoms with E-state index in [1.54, 1.807) is 12.1 Å². The molecule has 3 nitrogen and oxygen atoms in total. The molecule has 19 heavy (non-hydrogen) atoms. The Morgan fingerprint density at radius 3 is 2.79 bits per heavy atom. The fourth-order valence-electron chi connectivity index (χ4n) is 2.56. The molecule has 1 saturated heterocycles. The largest absolute Gasteiger partial charge is 0.327 e. The van der Waals surface area contributed by atoms with Crippen LogP contribution in [0.25, 0.3) is 0 Å². The third-order valence-electron chi connectivity index (χ3n) is 3.49. The lowest BCUT2D eigenvalue weighted by Crippen LogP contribution is -2.27. The minimum atomic E-state index is -2.89. The molecule has 2 N–H and O–H groups in total. The molecule has 1 aliphatic heterocycles. The number of benzene rings is 1. The molecular formula is C13H17ClFNO2S. The maximum atomic E-state index is 13.6. The molecule has 0 aromatic heterocycles. The monoisotopic (exact) mass is 305 g/mol. The molecule has 1 heterocycles. The van der Waals surface area contributed by atoms with E-state index in [-0.39, 0.29) is 29.3 Å². The Balaban J connectivity index is 1.97. The van der Waals surface area contributed by atoms with E-state index in [0.717, 1.165) is 0 Å². The first-order valence-corrected chi connectivity index (χ1v) is 8.46. The average Bonchev–Trinajstić information content (AvgIpc) is 2.63. The van der Waals surface area contributed by atoms with Gasteiger partial charge in [-0.25, -0.2) is 12.8 Å². The fraction of sp³-hybridized carbons (Fsp3) is 0.538. The molecule has 2 unspecified atom stereocenters. The van der Waals surface area contributed by atoms with Gasteiger partial charge in [-0.15, -0.1) is 0 Å². The summed E-state index contributed by atoms with van der Waals surface area (Å²) in [6.45, 7) is 0. The van der Waals surface area contributed by atoms with E-state index >= 15 is 0 Å². The molecule has 6 heteroatoms. The van der Waals surface area contributed by atoms with Gasteiger partial charge in [0.2, 0.25) is 0 Å². The van der Waals surface area contributed by atoms with Gasteiger partial charge < -0.3 is 5.73 Å². The molecule has 0 spiro atoms. The SMILES string of the molecule is NC(Cc1c(F)cccc1Cl)CC1CCS(=O)(=O)C1. The normalized spacial score (nSPS) is 23.4. The second-order valence-electron chi connectivity index (χ2n) is 5.17. The second kappa shape index (κ2) is 5.77. The summed E-state index contributed by atoms with van der Waals surface area (Å²) in [4.78, 5) is 0. The molecule has 106 valence electrons. The summed E-state index contributed by atoms with van der Waals surface area (Å²) in [5.74, 6) is 0.170. The minimum Gasteiger partial charge on any atom is -0.327 e. The van der Waals surface area contributed by atoms with Crippen LogP contribution in [-0.2, 0) is 16.3 Å². The second-order valence-corrected chi connectivity index (χ2v) is 7.81. The maximum absolute atomic E-state index is 13.6. The van der Waals surface area contributed by atoms with E-state index in [2.05, 4.69) is 0 Å². The van der Waals surface area contributed by atoms with Crippen molar-refractivity contribution in [1.29, 1.82) is 0 Å². The van der Waals surface area contributed by atoms with Gasteiger partial charge in [0.25, 0.3) is 0 Å². The molecule has 1 fully saturated rings. The lowest BCUT2D eigenvalue weighted by Gasteiger charge is -2.16. The van der Waals surface area contributed by atoms with Crippen molar-refractivity contribution in [3.63, 3.8) is 0 Å². The van der Waals surface area contributed by atoms with Crippen molar-refractivity contribution in [3.8, 4) is 0 Å². The molecule has 2 rings (SSSR count). The van der Waals surface area contributed by atoms with Crippen LogP contribution in [0, 0.1) is 11.7 Å². The molecule has 0 saturated carbocycles. The highest BCUT2D eigenvalue weighted by Gasteiger charge is 2.29. The van der Waals surface area contributed by atoms with E-state index in [9.17, 15) is 12.8 Å². The molecule has 1 aliphatic rings. The lowest BCUT2D eigenvalue weighted by atomic mass is 9.95. The van der Waals surface area contributed by atoms with Crippen molar-refractivity contribution in [2.24, 2.45) is 11.7 Å². The summed E-state index contributed by atoms with van der Waals surface area (Å²) in [5.41, 5.74) is 6.41. The molecule has 2 atom stereocenters. The first-order valence-electron chi connectivity index (χ1n) is 6.26. The fourth-order valence-corrected chi connectivity index (χ4v) is 4.68. The average molecular weight is 306 g/mol. The van der Waals surface area contributed by atoms with Gasteiger partial charge in [0.15, 0.2) is 9.84 Å². The smallest absolute Gasteiger partial charge is 0.150 e. The van der Waals surface area contributed by atoms with Crippen LogP contribution in [0.3, 0.4) is 0 Å². The number of nitrogens with two attached hydrogens (primary N) is 1. The number of hydrogen-bond donors (Lipinski definition) is 1. The first kappa shape index (κ1) is 14.8. The van der Waals surface area contributed by atoms with E-state index in [1.165, 1.54) is 6.07 Å². The number of halogens is 2. The van der Waals surface area contributed by atoms with Crippen molar-refractivity contribution in [1.82, 2.24) is 0 Å². The van der Waals surface area contributed by atoms with E-state index < -0.39 is 9.84 Å². The molecule has 0 aliphatic carbocycles. The van der Waals surface area contributed by atoms with Crippen molar-refractivity contribution in [2.75, 3.05) is 11.5 Å². The lowest BCUT2D eigenvalue weighted by molar-refractivity contribution is 0.463. The van der Waals surface area contributed by atoms with Crippen LogP contribution in [0.1, 0.15) is 18.4 Å². The Kier molecular flexibility index (Phi) is 4.48. The molecule has 0 radical (unpaired) electrons. The Morgan fingerprint density at radius 1 is 1.47 bits per heavy atom. The third-order valence-corrected chi connectivity index (χ3v) is 5.68. The van der Waals surface area contributed by atoms with Gasteiger partial charge in [-0.1, -0.05) is 17.7 Å². The highest BCUT2D eigenvalue weighted by Crippen LogP contribution is 2.25. The molecule has 1 aromatic rings. The van der Waals surface area contributed by atoms with E-state index in [4.69, 9.17) is 17.3 Å². The zero-order chi connectivity index (χ0) is 14.0. The summed E-state index contributed by atoms with van der Waals surface area (Å²) >= 11 is 5.94. The van der Waals surface area contributed by atoms with Gasteiger partial charge in [-0.2, -0.15) is 0 Å². The van der Waals surface area contributed by atoms with Crippen molar-refractivity contribution in [3.05, 3.63) is 34.6 Å². The quantitative estimate of drug-likeness (QED) is 0.927. The third kappa shape index (κ3) is 3.91. The minimum absolute atomic E-state index is 0.0885. The van der Waals surface area contributed by atoms with Gasteiger partial charge in [0, 0.05) is 16.6 Å². The standard InChI is InChI=1S/C13H17ClFNO2S/c14-12-2-1-3-13(15)11(12)7-10(16)6-9-4-5-19(17,18)8-9/h1-3,9-10H,4-8,16H2. The highest BCUT2D eigenvalue weighted by atomic mass is 35.5. The zero-order valence-corrected chi connectivity index (χ0v) is 12.1.